The Balaban J connectivity index is 1.98. The SMILES string of the molecule is CCn1c(CNC(=O)c2nc(Cl)c(N)nc2N)[n+](CC)c2ccc(C(=O)O)cc21. The second-order valence-corrected chi connectivity index (χ2v) is 6.59. The van der Waals surface area contributed by atoms with E-state index in [1.165, 1.54) is 0 Å². The number of halogens is 1. The average Bonchev–Trinajstić information content (AvgIpc) is 3.00. The lowest BCUT2D eigenvalue weighted by Crippen LogP contribution is -2.40. The maximum Gasteiger partial charge on any atom is 0.335 e. The first-order chi connectivity index (χ1) is 13.8. The van der Waals surface area contributed by atoms with E-state index in [1.807, 2.05) is 23.0 Å². The lowest BCUT2D eigenvalue weighted by atomic mass is 10.2. The number of fused-ring (bicyclic) bond motifs is 1. The van der Waals surface area contributed by atoms with Gasteiger partial charge in [0.25, 0.3) is 11.7 Å². The van der Waals surface area contributed by atoms with Crippen molar-refractivity contribution in [2.75, 3.05) is 11.5 Å². The fraction of sp³-hybridized carbons (Fsp3) is 0.278. The molecule has 0 saturated carbocycles. The van der Waals surface area contributed by atoms with E-state index in [1.54, 1.807) is 18.2 Å². The molecule has 0 saturated heterocycles. The molecule has 0 fully saturated rings. The zero-order valence-corrected chi connectivity index (χ0v) is 16.7. The van der Waals surface area contributed by atoms with Crippen molar-refractivity contribution < 1.29 is 19.3 Å². The van der Waals surface area contributed by atoms with Gasteiger partial charge in [0.2, 0.25) is 0 Å². The number of hydrogen-bond donors (Lipinski definition) is 4. The third kappa shape index (κ3) is 3.66. The van der Waals surface area contributed by atoms with Gasteiger partial charge < -0.3 is 21.9 Å². The molecule has 2 heterocycles. The molecule has 0 aliphatic rings. The Hall–Kier alpha value is -3.40. The average molecular weight is 419 g/mol. The number of carbonyl (C=O) groups is 2. The zero-order chi connectivity index (χ0) is 21.3. The topological polar surface area (TPSA) is 153 Å². The van der Waals surface area contributed by atoms with Crippen molar-refractivity contribution in [1.82, 2.24) is 19.9 Å². The highest BCUT2D eigenvalue weighted by Crippen LogP contribution is 2.19. The quantitative estimate of drug-likeness (QED) is 0.438. The number of carboxylic acids is 1. The first kappa shape index (κ1) is 20.3. The number of nitrogen functional groups attached to an aromatic ring is 2. The lowest BCUT2D eigenvalue weighted by Gasteiger charge is -2.08. The number of nitrogens with zero attached hydrogens (tertiary/aromatic N) is 4. The van der Waals surface area contributed by atoms with Gasteiger partial charge >= 0.3 is 5.97 Å². The minimum Gasteiger partial charge on any atom is -0.478 e. The Kier molecular flexibility index (Phi) is 5.55. The second kappa shape index (κ2) is 7.92. The molecule has 6 N–H and O–H groups in total. The molecule has 1 amide bonds. The van der Waals surface area contributed by atoms with Gasteiger partial charge in [-0.05, 0) is 26.0 Å². The van der Waals surface area contributed by atoms with Crippen molar-refractivity contribution in [2.24, 2.45) is 0 Å². The van der Waals surface area contributed by atoms with Crippen molar-refractivity contribution in [3.05, 3.63) is 40.4 Å². The predicted octanol–water partition coefficient (Wildman–Crippen LogP) is 1.20. The summed E-state index contributed by atoms with van der Waals surface area (Å²) in [6.45, 7) is 5.31. The van der Waals surface area contributed by atoms with Gasteiger partial charge in [-0.2, -0.15) is 0 Å². The minimum atomic E-state index is -0.997. The number of amides is 1. The van der Waals surface area contributed by atoms with Crippen LogP contribution in [0, 0.1) is 0 Å². The molecule has 0 radical (unpaired) electrons. The van der Waals surface area contributed by atoms with Crippen molar-refractivity contribution in [3.8, 4) is 0 Å². The van der Waals surface area contributed by atoms with E-state index in [-0.39, 0.29) is 34.6 Å². The molecule has 2 aromatic heterocycles. The molecule has 0 atom stereocenters. The van der Waals surface area contributed by atoms with Crippen LogP contribution < -0.4 is 21.4 Å². The Morgan fingerprint density at radius 2 is 1.97 bits per heavy atom. The highest BCUT2D eigenvalue weighted by atomic mass is 35.5. The summed E-state index contributed by atoms with van der Waals surface area (Å²) < 4.78 is 3.96. The van der Waals surface area contributed by atoms with E-state index in [9.17, 15) is 14.7 Å². The van der Waals surface area contributed by atoms with Crippen LogP contribution in [0.3, 0.4) is 0 Å². The largest absolute Gasteiger partial charge is 0.478 e. The van der Waals surface area contributed by atoms with Crippen molar-refractivity contribution in [2.45, 2.75) is 33.5 Å². The number of rotatable bonds is 6. The summed E-state index contributed by atoms with van der Waals surface area (Å²) >= 11 is 5.85. The van der Waals surface area contributed by atoms with Crippen molar-refractivity contribution in [3.63, 3.8) is 0 Å². The standard InChI is InChI=1S/C18H20ClN7O3/c1-3-25-10-6-5-9(18(28)29)7-11(10)26(4-2)12(25)8-22-17(27)13-15(20)24-16(21)14(19)23-13/h5-7H,3-4,8H2,1-2H3,(H5-,20,21,22,24,27,28,29)/p+1. The molecule has 29 heavy (non-hydrogen) atoms. The van der Waals surface area contributed by atoms with Crippen molar-refractivity contribution in [1.29, 1.82) is 0 Å². The summed E-state index contributed by atoms with van der Waals surface area (Å²) in [7, 11) is 0. The smallest absolute Gasteiger partial charge is 0.335 e. The number of carbonyl (C=O) groups excluding carboxylic acids is 1. The molecule has 10 nitrogen and oxygen atoms in total. The molecule has 0 spiro atoms. The molecule has 3 rings (SSSR count). The molecule has 152 valence electrons. The van der Waals surface area contributed by atoms with E-state index in [2.05, 4.69) is 15.3 Å². The lowest BCUT2D eigenvalue weighted by molar-refractivity contribution is -0.676. The molecule has 0 aliphatic heterocycles. The molecule has 0 aliphatic carbocycles. The summed E-state index contributed by atoms with van der Waals surface area (Å²) in [6.07, 6.45) is 0. The van der Waals surface area contributed by atoms with Gasteiger partial charge in [-0.25, -0.2) is 23.9 Å². The van der Waals surface area contributed by atoms with Crippen LogP contribution in [0.2, 0.25) is 5.15 Å². The van der Waals surface area contributed by atoms with Gasteiger partial charge in [0, 0.05) is 6.07 Å². The number of imidazole rings is 1. The van der Waals surface area contributed by atoms with E-state index >= 15 is 0 Å². The number of carboxylic acid groups (broad SMARTS) is 1. The Morgan fingerprint density at radius 3 is 2.59 bits per heavy atom. The molecule has 3 aromatic rings. The Labute approximate surface area is 171 Å². The Bertz CT molecular complexity index is 1130. The number of aromatic nitrogens is 4. The van der Waals surface area contributed by atoms with Crippen molar-refractivity contribution >= 4 is 46.1 Å². The molecule has 1 aromatic carbocycles. The molecule has 0 bridgehead atoms. The van der Waals surface area contributed by atoms with Gasteiger partial charge in [-0.1, -0.05) is 11.6 Å². The first-order valence-corrected chi connectivity index (χ1v) is 9.31. The number of benzene rings is 1. The van der Waals surface area contributed by atoms with Gasteiger partial charge in [0.15, 0.2) is 33.5 Å². The van der Waals surface area contributed by atoms with Gasteiger partial charge in [-0.15, -0.1) is 0 Å². The second-order valence-electron chi connectivity index (χ2n) is 6.23. The van der Waals surface area contributed by atoms with Gasteiger partial charge in [0.1, 0.15) is 6.54 Å². The number of anilines is 2. The van der Waals surface area contributed by atoms with E-state index < -0.39 is 11.9 Å². The van der Waals surface area contributed by atoms with Crippen LogP contribution in [0.15, 0.2) is 18.2 Å². The zero-order valence-electron chi connectivity index (χ0n) is 15.9. The monoisotopic (exact) mass is 418 g/mol. The number of nitrogens with two attached hydrogens (primary N) is 2. The fourth-order valence-corrected chi connectivity index (χ4v) is 3.40. The number of hydrogen-bond acceptors (Lipinski definition) is 6. The van der Waals surface area contributed by atoms with Crippen LogP contribution in [0.25, 0.3) is 11.0 Å². The van der Waals surface area contributed by atoms with E-state index in [4.69, 9.17) is 23.1 Å². The van der Waals surface area contributed by atoms with Crippen LogP contribution in [0.4, 0.5) is 11.6 Å². The minimum absolute atomic E-state index is 0.0510. The summed E-state index contributed by atoms with van der Waals surface area (Å²) in [5, 5.41) is 12.0. The highest BCUT2D eigenvalue weighted by molar-refractivity contribution is 6.31. The van der Waals surface area contributed by atoms with Gasteiger partial charge in [-0.3, -0.25) is 4.79 Å². The third-order valence-corrected chi connectivity index (χ3v) is 4.86. The first-order valence-electron chi connectivity index (χ1n) is 8.93. The van der Waals surface area contributed by atoms with Crippen LogP contribution in [-0.2, 0) is 19.6 Å². The van der Waals surface area contributed by atoms with Crippen LogP contribution in [0.1, 0.15) is 40.5 Å². The molecule has 11 heteroatoms. The summed E-state index contributed by atoms with van der Waals surface area (Å²) in [4.78, 5) is 31.6. The fourth-order valence-electron chi connectivity index (χ4n) is 3.27. The third-order valence-electron chi connectivity index (χ3n) is 4.59. The van der Waals surface area contributed by atoms with E-state index in [0.717, 1.165) is 16.9 Å². The highest BCUT2D eigenvalue weighted by Gasteiger charge is 2.25. The summed E-state index contributed by atoms with van der Waals surface area (Å²) in [6, 6.07) is 4.96. The normalized spacial score (nSPS) is 11.0. The summed E-state index contributed by atoms with van der Waals surface area (Å²) in [5.41, 5.74) is 13.0. The maximum atomic E-state index is 12.6. The number of aryl methyl sites for hydroxylation is 2. The summed E-state index contributed by atoms with van der Waals surface area (Å²) in [5.74, 6) is -0.907. The van der Waals surface area contributed by atoms with Crippen LogP contribution in [0.5, 0.6) is 0 Å². The van der Waals surface area contributed by atoms with E-state index in [0.29, 0.717) is 13.1 Å². The predicted molar refractivity (Wildman–Crippen MR) is 107 cm³/mol. The number of aromatic carboxylic acids is 1. The maximum absolute atomic E-state index is 12.6. The molecular formula is C18H21ClN7O3+. The van der Waals surface area contributed by atoms with Crippen LogP contribution in [-0.4, -0.2) is 31.5 Å². The Morgan fingerprint density at radius 1 is 1.24 bits per heavy atom. The van der Waals surface area contributed by atoms with Crippen LogP contribution >= 0.6 is 11.6 Å². The molecular weight excluding hydrogens is 398 g/mol. The number of nitrogens with one attached hydrogen (secondary N) is 1. The molecule has 0 unspecified atom stereocenters. The van der Waals surface area contributed by atoms with Gasteiger partial charge in [0.05, 0.1) is 18.7 Å².